The molecule has 0 aliphatic heterocycles. The van der Waals surface area contributed by atoms with Crippen molar-refractivity contribution in [1.29, 1.82) is 0 Å². The second-order valence-corrected chi connectivity index (χ2v) is 8.23. The van der Waals surface area contributed by atoms with E-state index in [4.69, 9.17) is 0 Å². The monoisotopic (exact) mass is 443 g/mol. The molecule has 2 aromatic rings. The molecule has 30 heavy (non-hydrogen) atoms. The van der Waals surface area contributed by atoms with E-state index in [1.165, 1.54) is 43.3 Å². The zero-order valence-corrected chi connectivity index (χ0v) is 16.9. The van der Waals surface area contributed by atoms with Gasteiger partial charge in [-0.3, -0.25) is 14.3 Å². The van der Waals surface area contributed by atoms with E-state index in [1.807, 2.05) is 0 Å². The molecule has 0 radical (unpaired) electrons. The summed E-state index contributed by atoms with van der Waals surface area (Å²) in [5.41, 5.74) is -0.622. The molecule has 0 fully saturated rings. The molecule has 0 saturated carbocycles. The lowest BCUT2D eigenvalue weighted by molar-refractivity contribution is -0.138. The maximum absolute atomic E-state index is 13.1. The van der Waals surface area contributed by atoms with Gasteiger partial charge in [-0.2, -0.15) is 13.2 Å². The van der Waals surface area contributed by atoms with Crippen molar-refractivity contribution in [2.75, 3.05) is 22.8 Å². The van der Waals surface area contributed by atoms with Crippen molar-refractivity contribution in [1.82, 2.24) is 5.32 Å². The fourth-order valence-electron chi connectivity index (χ4n) is 2.72. The average molecular weight is 443 g/mol. The summed E-state index contributed by atoms with van der Waals surface area (Å²) in [6, 6.07) is 9.02. The minimum Gasteiger partial charge on any atom is -0.352 e. The lowest BCUT2D eigenvalue weighted by Gasteiger charge is -2.15. The van der Waals surface area contributed by atoms with Crippen molar-refractivity contribution in [3.8, 4) is 0 Å². The molecule has 0 aliphatic carbocycles. The summed E-state index contributed by atoms with van der Waals surface area (Å²) in [7, 11) is -3.70. The van der Waals surface area contributed by atoms with Crippen molar-refractivity contribution in [3.05, 3.63) is 59.2 Å². The predicted octanol–water partition coefficient (Wildman–Crippen LogP) is 3.01. The molecule has 11 heteroatoms. The number of hydrogen-bond acceptors (Lipinski definition) is 4. The maximum atomic E-state index is 13.1. The van der Waals surface area contributed by atoms with Crippen LogP contribution in [-0.4, -0.2) is 33.0 Å². The van der Waals surface area contributed by atoms with Gasteiger partial charge in [-0.1, -0.05) is 18.2 Å². The summed E-state index contributed by atoms with van der Waals surface area (Å²) in [5, 5.41) is 4.95. The van der Waals surface area contributed by atoms with Crippen LogP contribution in [0.4, 0.5) is 24.5 Å². The Balaban J connectivity index is 2.20. The van der Waals surface area contributed by atoms with Crippen LogP contribution in [0.25, 0.3) is 0 Å². The van der Waals surface area contributed by atoms with Crippen LogP contribution in [0.3, 0.4) is 0 Å². The van der Waals surface area contributed by atoms with Crippen LogP contribution >= 0.6 is 0 Å². The van der Waals surface area contributed by atoms with Gasteiger partial charge in [0.15, 0.2) is 0 Å². The van der Waals surface area contributed by atoms with Gasteiger partial charge in [0, 0.05) is 19.2 Å². The summed E-state index contributed by atoms with van der Waals surface area (Å²) in [6.07, 6.45) is -3.69. The molecule has 2 amide bonds. The summed E-state index contributed by atoms with van der Waals surface area (Å²) >= 11 is 0. The summed E-state index contributed by atoms with van der Waals surface area (Å²) in [6.45, 7) is 1.15. The Morgan fingerprint density at radius 2 is 1.73 bits per heavy atom. The summed E-state index contributed by atoms with van der Waals surface area (Å²) in [5.74, 6) is -1.10. The normalized spacial score (nSPS) is 11.6. The van der Waals surface area contributed by atoms with E-state index >= 15 is 0 Å². The topological polar surface area (TPSA) is 104 Å². The molecule has 0 heterocycles. The highest BCUT2D eigenvalue weighted by Crippen LogP contribution is 2.32. The number of alkyl halides is 3. The lowest BCUT2D eigenvalue weighted by atomic mass is 10.0. The summed E-state index contributed by atoms with van der Waals surface area (Å²) in [4.78, 5) is 23.8. The molecule has 0 atom stereocenters. The first-order chi connectivity index (χ1) is 13.9. The minimum atomic E-state index is -4.51. The number of carbonyl (C=O) groups is 2. The second-order valence-electron chi connectivity index (χ2n) is 6.48. The molecule has 0 spiro atoms. The van der Waals surface area contributed by atoms with Crippen LogP contribution in [0.5, 0.6) is 0 Å². The standard InChI is InChI=1S/C19H20F3N3O4S/c1-12(26)24-14-7-8-17(25-30(2,28)29)15(11-14)18(27)23-10-9-13-5-3-4-6-16(13)19(20,21)22/h3-8,11,25H,9-10H2,1-2H3,(H,23,27)(H,24,26). The molecular weight excluding hydrogens is 423 g/mol. The number of hydrogen-bond donors (Lipinski definition) is 3. The van der Waals surface area contributed by atoms with Crippen LogP contribution in [0.2, 0.25) is 0 Å². The van der Waals surface area contributed by atoms with Gasteiger partial charge in [0.2, 0.25) is 15.9 Å². The van der Waals surface area contributed by atoms with E-state index < -0.39 is 33.6 Å². The Hall–Kier alpha value is -3.08. The third-order valence-corrected chi connectivity index (χ3v) is 4.47. The number of amides is 2. The highest BCUT2D eigenvalue weighted by Gasteiger charge is 2.32. The van der Waals surface area contributed by atoms with E-state index in [0.29, 0.717) is 0 Å². The number of carbonyl (C=O) groups excluding carboxylic acids is 2. The zero-order valence-electron chi connectivity index (χ0n) is 16.1. The highest BCUT2D eigenvalue weighted by molar-refractivity contribution is 7.92. The van der Waals surface area contributed by atoms with Crippen LogP contribution in [-0.2, 0) is 27.4 Å². The molecule has 0 unspecified atom stereocenters. The predicted molar refractivity (Wildman–Crippen MR) is 107 cm³/mol. The zero-order chi connectivity index (χ0) is 22.5. The van der Waals surface area contributed by atoms with Crippen molar-refractivity contribution in [3.63, 3.8) is 0 Å². The van der Waals surface area contributed by atoms with Gasteiger partial charge in [0.25, 0.3) is 5.91 Å². The van der Waals surface area contributed by atoms with E-state index in [9.17, 15) is 31.2 Å². The number of sulfonamides is 1. The lowest BCUT2D eigenvalue weighted by Crippen LogP contribution is -2.28. The van der Waals surface area contributed by atoms with Gasteiger partial charge >= 0.3 is 6.18 Å². The fourth-order valence-corrected chi connectivity index (χ4v) is 3.30. The highest BCUT2D eigenvalue weighted by atomic mass is 32.2. The van der Waals surface area contributed by atoms with Crippen molar-refractivity contribution >= 4 is 33.2 Å². The molecule has 162 valence electrons. The second kappa shape index (κ2) is 9.16. The van der Waals surface area contributed by atoms with Crippen molar-refractivity contribution in [2.45, 2.75) is 19.5 Å². The van der Waals surface area contributed by atoms with Gasteiger partial charge in [-0.15, -0.1) is 0 Å². The van der Waals surface area contributed by atoms with Gasteiger partial charge in [0.1, 0.15) is 0 Å². The van der Waals surface area contributed by atoms with E-state index in [2.05, 4.69) is 15.4 Å². The fraction of sp³-hybridized carbons (Fsp3) is 0.263. The molecule has 0 aliphatic rings. The quantitative estimate of drug-likeness (QED) is 0.612. The number of anilines is 2. The van der Waals surface area contributed by atoms with Gasteiger partial charge < -0.3 is 10.6 Å². The maximum Gasteiger partial charge on any atom is 0.416 e. The first-order valence-electron chi connectivity index (χ1n) is 8.69. The van der Waals surface area contributed by atoms with Crippen molar-refractivity contribution < 1.29 is 31.2 Å². The molecule has 2 rings (SSSR count). The summed E-state index contributed by atoms with van der Waals surface area (Å²) < 4.78 is 64.5. The van der Waals surface area contributed by atoms with E-state index in [0.717, 1.165) is 12.3 Å². The van der Waals surface area contributed by atoms with Crippen LogP contribution in [0.1, 0.15) is 28.4 Å². The first-order valence-corrected chi connectivity index (χ1v) is 10.6. The first kappa shape index (κ1) is 23.2. The molecule has 2 aromatic carbocycles. The van der Waals surface area contributed by atoms with Gasteiger partial charge in [0.05, 0.1) is 23.1 Å². The number of nitrogens with one attached hydrogen (secondary N) is 3. The van der Waals surface area contributed by atoms with Gasteiger partial charge in [-0.05, 0) is 36.2 Å². The van der Waals surface area contributed by atoms with Crippen LogP contribution in [0, 0.1) is 0 Å². The van der Waals surface area contributed by atoms with Gasteiger partial charge in [-0.25, -0.2) is 8.42 Å². The minimum absolute atomic E-state index is 0.0202. The molecular formula is C19H20F3N3O4S. The smallest absolute Gasteiger partial charge is 0.352 e. The Bertz CT molecular complexity index is 1050. The SMILES string of the molecule is CC(=O)Nc1ccc(NS(C)(=O)=O)c(C(=O)NCCc2ccccc2C(F)(F)F)c1. The molecule has 0 aromatic heterocycles. The average Bonchev–Trinajstić information content (AvgIpc) is 2.61. The third kappa shape index (κ3) is 6.76. The molecule has 3 N–H and O–H groups in total. The Morgan fingerprint density at radius 3 is 2.33 bits per heavy atom. The molecule has 7 nitrogen and oxygen atoms in total. The van der Waals surface area contributed by atoms with E-state index in [1.54, 1.807) is 0 Å². The third-order valence-electron chi connectivity index (χ3n) is 3.88. The van der Waals surface area contributed by atoms with E-state index in [-0.39, 0.29) is 35.5 Å². The molecule has 0 bridgehead atoms. The van der Waals surface area contributed by atoms with Crippen molar-refractivity contribution in [2.24, 2.45) is 0 Å². The molecule has 0 saturated heterocycles. The van der Waals surface area contributed by atoms with Crippen LogP contribution < -0.4 is 15.4 Å². The Kier molecular flexibility index (Phi) is 7.08. The number of rotatable bonds is 7. The van der Waals surface area contributed by atoms with Crippen LogP contribution in [0.15, 0.2) is 42.5 Å². The number of benzene rings is 2. The Labute approximate surface area is 171 Å². The number of halogens is 3. The largest absolute Gasteiger partial charge is 0.416 e. The Morgan fingerprint density at radius 1 is 1.07 bits per heavy atom.